The minimum atomic E-state index is -0.993. The first kappa shape index (κ1) is 11.1. The molecule has 0 amide bonds. The van der Waals surface area contributed by atoms with Gasteiger partial charge in [-0.25, -0.2) is 4.79 Å². The molecule has 1 aromatic rings. The summed E-state index contributed by atoms with van der Waals surface area (Å²) in [4.78, 5) is 10.3. The van der Waals surface area contributed by atoms with Crippen molar-refractivity contribution >= 4 is 12.0 Å². The van der Waals surface area contributed by atoms with Gasteiger partial charge in [0.1, 0.15) is 11.5 Å². The number of hydrogen-bond donors (Lipinski definition) is 1. The van der Waals surface area contributed by atoms with E-state index in [1.54, 1.807) is 25.3 Å². The summed E-state index contributed by atoms with van der Waals surface area (Å²) in [7, 11) is 3.08. The van der Waals surface area contributed by atoms with Crippen LogP contribution in [0.5, 0.6) is 11.5 Å². The van der Waals surface area contributed by atoms with Crippen LogP contribution in [0, 0.1) is 0 Å². The van der Waals surface area contributed by atoms with Gasteiger partial charge in [0, 0.05) is 17.7 Å². The van der Waals surface area contributed by atoms with Crippen LogP contribution in [0.3, 0.4) is 0 Å². The first-order chi connectivity index (χ1) is 7.17. The molecule has 0 aliphatic heterocycles. The Morgan fingerprint density at radius 1 is 1.33 bits per heavy atom. The van der Waals surface area contributed by atoms with Crippen molar-refractivity contribution in [3.63, 3.8) is 0 Å². The van der Waals surface area contributed by atoms with Gasteiger partial charge < -0.3 is 14.6 Å². The Balaban J connectivity index is 3.02. The molecule has 0 unspecified atom stereocenters. The zero-order chi connectivity index (χ0) is 11.3. The van der Waals surface area contributed by atoms with E-state index in [-0.39, 0.29) is 0 Å². The second-order valence-corrected chi connectivity index (χ2v) is 2.78. The van der Waals surface area contributed by atoms with E-state index in [0.717, 1.165) is 6.08 Å². The highest BCUT2D eigenvalue weighted by atomic mass is 16.5. The summed E-state index contributed by atoms with van der Waals surface area (Å²) in [6.07, 6.45) is 2.53. The van der Waals surface area contributed by atoms with Crippen molar-refractivity contribution in [3.8, 4) is 11.5 Å². The van der Waals surface area contributed by atoms with Crippen LogP contribution in [0.2, 0.25) is 0 Å². The summed E-state index contributed by atoms with van der Waals surface area (Å²) >= 11 is 0. The van der Waals surface area contributed by atoms with Crippen molar-refractivity contribution in [1.82, 2.24) is 0 Å². The van der Waals surface area contributed by atoms with E-state index in [1.807, 2.05) is 0 Å². The van der Waals surface area contributed by atoms with Gasteiger partial charge in [-0.3, -0.25) is 0 Å². The first-order valence-electron chi connectivity index (χ1n) is 4.30. The lowest BCUT2D eigenvalue weighted by molar-refractivity contribution is -0.131. The molecule has 1 aromatic carbocycles. The van der Waals surface area contributed by atoms with Crippen LogP contribution >= 0.6 is 0 Å². The smallest absolute Gasteiger partial charge is 0.328 e. The molecule has 4 heteroatoms. The van der Waals surface area contributed by atoms with Crippen molar-refractivity contribution < 1.29 is 19.4 Å². The van der Waals surface area contributed by atoms with E-state index in [1.165, 1.54) is 13.2 Å². The number of benzene rings is 1. The highest BCUT2D eigenvalue weighted by Gasteiger charge is 2.02. The maximum Gasteiger partial charge on any atom is 0.328 e. The minimum Gasteiger partial charge on any atom is -0.497 e. The van der Waals surface area contributed by atoms with E-state index in [4.69, 9.17) is 14.6 Å². The Kier molecular flexibility index (Phi) is 3.74. The van der Waals surface area contributed by atoms with Crippen molar-refractivity contribution in [2.45, 2.75) is 0 Å². The molecular formula is C11H12O4. The number of hydrogen-bond acceptors (Lipinski definition) is 3. The summed E-state index contributed by atoms with van der Waals surface area (Å²) in [5.41, 5.74) is 0.695. The van der Waals surface area contributed by atoms with Crippen molar-refractivity contribution in [1.29, 1.82) is 0 Å². The molecule has 0 saturated heterocycles. The highest BCUT2D eigenvalue weighted by molar-refractivity contribution is 5.86. The minimum absolute atomic E-state index is 0.576. The maximum absolute atomic E-state index is 10.3. The van der Waals surface area contributed by atoms with Crippen LogP contribution in [0.1, 0.15) is 5.56 Å². The Bertz CT molecular complexity index is 382. The van der Waals surface area contributed by atoms with E-state index in [0.29, 0.717) is 17.1 Å². The van der Waals surface area contributed by atoms with Gasteiger partial charge in [0.2, 0.25) is 0 Å². The van der Waals surface area contributed by atoms with Crippen LogP contribution in [-0.4, -0.2) is 25.3 Å². The Hall–Kier alpha value is -1.97. The van der Waals surface area contributed by atoms with Gasteiger partial charge in [0.05, 0.1) is 14.2 Å². The van der Waals surface area contributed by atoms with Gasteiger partial charge >= 0.3 is 5.97 Å². The molecule has 0 fully saturated rings. The molecule has 0 atom stereocenters. The normalized spacial score (nSPS) is 10.3. The van der Waals surface area contributed by atoms with Crippen molar-refractivity contribution in [2.24, 2.45) is 0 Å². The zero-order valence-electron chi connectivity index (χ0n) is 8.56. The molecule has 4 nitrogen and oxygen atoms in total. The third-order valence-corrected chi connectivity index (χ3v) is 1.85. The number of carbonyl (C=O) groups is 1. The summed E-state index contributed by atoms with van der Waals surface area (Å²) < 4.78 is 10.1. The Morgan fingerprint density at radius 3 is 2.60 bits per heavy atom. The lowest BCUT2D eigenvalue weighted by atomic mass is 10.2. The van der Waals surface area contributed by atoms with Gasteiger partial charge in [-0.05, 0) is 18.2 Å². The van der Waals surface area contributed by atoms with Crippen LogP contribution < -0.4 is 9.47 Å². The van der Waals surface area contributed by atoms with Crippen LogP contribution in [-0.2, 0) is 4.79 Å². The molecule has 0 saturated carbocycles. The molecule has 0 heterocycles. The third-order valence-electron chi connectivity index (χ3n) is 1.85. The molecule has 0 radical (unpaired) electrons. The molecule has 80 valence electrons. The summed E-state index contributed by atoms with van der Waals surface area (Å²) in [6, 6.07) is 5.17. The largest absolute Gasteiger partial charge is 0.497 e. The molecule has 0 aromatic heterocycles. The predicted molar refractivity (Wildman–Crippen MR) is 56.2 cm³/mol. The van der Waals surface area contributed by atoms with Crippen LogP contribution in [0.25, 0.3) is 6.08 Å². The number of rotatable bonds is 4. The monoisotopic (exact) mass is 208 g/mol. The summed E-state index contributed by atoms with van der Waals surface area (Å²) in [5.74, 6) is 0.249. The Labute approximate surface area is 87.7 Å². The van der Waals surface area contributed by atoms with Crippen LogP contribution in [0.15, 0.2) is 24.3 Å². The maximum atomic E-state index is 10.3. The molecule has 0 aliphatic rings. The fraction of sp³-hybridized carbons (Fsp3) is 0.182. The van der Waals surface area contributed by atoms with Gasteiger partial charge in [0.15, 0.2) is 0 Å². The Morgan fingerprint density at radius 2 is 2.07 bits per heavy atom. The molecule has 0 bridgehead atoms. The standard InChI is InChI=1S/C11H12O4/c1-14-9-5-3-8(4-6-11(12)13)10(7-9)15-2/h3-7H,1-2H3,(H,12,13)/b6-4-. The third kappa shape index (κ3) is 3.02. The molecule has 1 N–H and O–H groups in total. The molecule has 0 spiro atoms. The quantitative estimate of drug-likeness (QED) is 0.766. The SMILES string of the molecule is COc1ccc(/C=C\C(=O)O)c(OC)c1. The van der Waals surface area contributed by atoms with E-state index in [9.17, 15) is 4.79 Å². The fourth-order valence-corrected chi connectivity index (χ4v) is 1.12. The summed E-state index contributed by atoms with van der Waals surface area (Å²) in [6.45, 7) is 0. The average molecular weight is 208 g/mol. The van der Waals surface area contributed by atoms with Gasteiger partial charge in [-0.2, -0.15) is 0 Å². The lowest BCUT2D eigenvalue weighted by Crippen LogP contribution is -1.91. The number of ether oxygens (including phenoxy) is 2. The molecule has 15 heavy (non-hydrogen) atoms. The fourth-order valence-electron chi connectivity index (χ4n) is 1.12. The van der Waals surface area contributed by atoms with Gasteiger partial charge in [-0.15, -0.1) is 0 Å². The van der Waals surface area contributed by atoms with Gasteiger partial charge in [-0.1, -0.05) is 0 Å². The number of aliphatic carboxylic acids is 1. The van der Waals surface area contributed by atoms with Crippen LogP contribution in [0.4, 0.5) is 0 Å². The predicted octanol–water partition coefficient (Wildman–Crippen LogP) is 1.80. The van der Waals surface area contributed by atoms with E-state index in [2.05, 4.69) is 0 Å². The molecule has 0 aliphatic carbocycles. The topological polar surface area (TPSA) is 55.8 Å². The van der Waals surface area contributed by atoms with Crippen molar-refractivity contribution in [3.05, 3.63) is 29.8 Å². The highest BCUT2D eigenvalue weighted by Crippen LogP contribution is 2.25. The summed E-state index contributed by atoms with van der Waals surface area (Å²) in [5, 5.41) is 8.49. The lowest BCUT2D eigenvalue weighted by Gasteiger charge is -2.06. The number of methoxy groups -OCH3 is 2. The first-order valence-corrected chi connectivity index (χ1v) is 4.30. The zero-order valence-corrected chi connectivity index (χ0v) is 8.56. The van der Waals surface area contributed by atoms with E-state index < -0.39 is 5.97 Å². The molecule has 1 rings (SSSR count). The number of carboxylic acids is 1. The van der Waals surface area contributed by atoms with Crippen molar-refractivity contribution in [2.75, 3.05) is 14.2 Å². The number of carboxylic acid groups (broad SMARTS) is 1. The second-order valence-electron chi connectivity index (χ2n) is 2.78. The van der Waals surface area contributed by atoms with Gasteiger partial charge in [0.25, 0.3) is 0 Å². The van der Waals surface area contributed by atoms with E-state index >= 15 is 0 Å². The average Bonchev–Trinajstić information content (AvgIpc) is 2.25. The second kappa shape index (κ2) is 5.05. The molecular weight excluding hydrogens is 196 g/mol.